The predicted molar refractivity (Wildman–Crippen MR) is 86.1 cm³/mol. The number of hydrogen-bond donors (Lipinski definition) is 1. The molecule has 0 saturated heterocycles. The quantitative estimate of drug-likeness (QED) is 0.804. The number of hydrogen-bond acceptors (Lipinski definition) is 3. The maximum atomic E-state index is 4.81. The first-order valence-corrected chi connectivity index (χ1v) is 8.10. The van der Waals surface area contributed by atoms with Crippen molar-refractivity contribution in [3.05, 3.63) is 23.9 Å². The van der Waals surface area contributed by atoms with E-state index in [1.54, 1.807) is 0 Å². The summed E-state index contributed by atoms with van der Waals surface area (Å²) in [5.74, 6) is 1.98. The zero-order valence-corrected chi connectivity index (χ0v) is 13.2. The van der Waals surface area contributed by atoms with Crippen LogP contribution in [-0.2, 0) is 6.54 Å². The van der Waals surface area contributed by atoms with Crippen molar-refractivity contribution in [2.45, 2.75) is 58.5 Å². The van der Waals surface area contributed by atoms with Crippen molar-refractivity contribution in [1.29, 1.82) is 0 Å². The molecule has 1 aliphatic rings. The van der Waals surface area contributed by atoms with E-state index in [9.17, 15) is 0 Å². The van der Waals surface area contributed by atoms with Crippen molar-refractivity contribution in [1.82, 2.24) is 10.3 Å². The minimum atomic E-state index is 0.658. The minimum Gasteiger partial charge on any atom is -0.357 e. The van der Waals surface area contributed by atoms with Gasteiger partial charge in [0, 0.05) is 19.6 Å². The molecule has 20 heavy (non-hydrogen) atoms. The normalized spacial score (nSPS) is 22.8. The Morgan fingerprint density at radius 2 is 2.20 bits per heavy atom. The lowest BCUT2D eigenvalue weighted by Gasteiger charge is -2.35. The van der Waals surface area contributed by atoms with Crippen LogP contribution in [0.2, 0.25) is 0 Å². The average molecular weight is 275 g/mol. The van der Waals surface area contributed by atoms with Gasteiger partial charge in [0.25, 0.3) is 0 Å². The highest BCUT2D eigenvalue weighted by molar-refractivity contribution is 5.39. The summed E-state index contributed by atoms with van der Waals surface area (Å²) in [5, 5.41) is 3.42. The Kier molecular flexibility index (Phi) is 5.84. The monoisotopic (exact) mass is 275 g/mol. The van der Waals surface area contributed by atoms with Gasteiger partial charge >= 0.3 is 0 Å². The van der Waals surface area contributed by atoms with E-state index in [0.717, 1.165) is 30.5 Å². The van der Waals surface area contributed by atoms with E-state index >= 15 is 0 Å². The molecule has 1 N–H and O–H groups in total. The molecule has 0 aliphatic heterocycles. The molecule has 1 aromatic rings. The van der Waals surface area contributed by atoms with Crippen molar-refractivity contribution in [3.63, 3.8) is 0 Å². The Morgan fingerprint density at radius 1 is 1.35 bits per heavy atom. The van der Waals surface area contributed by atoms with E-state index in [2.05, 4.69) is 49.3 Å². The SMILES string of the molecule is CCCNCc1cccc(N(C)C2CCCC(C)C2)n1. The van der Waals surface area contributed by atoms with E-state index in [1.807, 2.05) is 0 Å². The molecule has 1 heterocycles. The van der Waals surface area contributed by atoms with E-state index in [0.29, 0.717) is 6.04 Å². The van der Waals surface area contributed by atoms with Crippen LogP contribution in [0.4, 0.5) is 5.82 Å². The molecule has 3 heteroatoms. The Hall–Kier alpha value is -1.09. The van der Waals surface area contributed by atoms with Crippen LogP contribution in [-0.4, -0.2) is 24.6 Å². The van der Waals surface area contributed by atoms with E-state index < -0.39 is 0 Å². The van der Waals surface area contributed by atoms with Crippen LogP contribution in [0.5, 0.6) is 0 Å². The molecule has 1 aromatic heterocycles. The summed E-state index contributed by atoms with van der Waals surface area (Å²) in [4.78, 5) is 7.20. The van der Waals surface area contributed by atoms with E-state index in [4.69, 9.17) is 4.98 Å². The van der Waals surface area contributed by atoms with Crippen LogP contribution in [0, 0.1) is 5.92 Å². The molecular weight excluding hydrogens is 246 g/mol. The number of aromatic nitrogens is 1. The first kappa shape index (κ1) is 15.3. The maximum Gasteiger partial charge on any atom is 0.128 e. The van der Waals surface area contributed by atoms with Gasteiger partial charge in [-0.1, -0.05) is 32.8 Å². The number of anilines is 1. The van der Waals surface area contributed by atoms with Crippen molar-refractivity contribution in [2.24, 2.45) is 5.92 Å². The van der Waals surface area contributed by atoms with Crippen LogP contribution in [0.25, 0.3) is 0 Å². The zero-order chi connectivity index (χ0) is 14.4. The van der Waals surface area contributed by atoms with Crippen molar-refractivity contribution in [3.8, 4) is 0 Å². The van der Waals surface area contributed by atoms with Gasteiger partial charge in [-0.15, -0.1) is 0 Å². The second kappa shape index (κ2) is 7.63. The highest BCUT2D eigenvalue weighted by Gasteiger charge is 2.23. The summed E-state index contributed by atoms with van der Waals surface area (Å²) < 4.78 is 0. The molecule has 112 valence electrons. The van der Waals surface area contributed by atoms with Crippen molar-refractivity contribution in [2.75, 3.05) is 18.5 Å². The second-order valence-electron chi connectivity index (χ2n) is 6.20. The fraction of sp³-hybridized carbons (Fsp3) is 0.706. The fourth-order valence-electron chi connectivity index (χ4n) is 3.10. The summed E-state index contributed by atoms with van der Waals surface area (Å²) in [6.45, 7) is 6.49. The summed E-state index contributed by atoms with van der Waals surface area (Å²) in [6, 6.07) is 7.05. The first-order chi connectivity index (χ1) is 9.70. The molecule has 0 spiro atoms. The molecule has 3 nitrogen and oxygen atoms in total. The lowest BCUT2D eigenvalue weighted by atomic mass is 9.86. The summed E-state index contributed by atoms with van der Waals surface area (Å²) in [5.41, 5.74) is 1.15. The predicted octanol–water partition coefficient (Wildman–Crippen LogP) is 3.60. The number of rotatable bonds is 6. The van der Waals surface area contributed by atoms with E-state index in [-0.39, 0.29) is 0 Å². The zero-order valence-electron chi connectivity index (χ0n) is 13.2. The lowest BCUT2D eigenvalue weighted by molar-refractivity contribution is 0.335. The molecule has 1 fully saturated rings. The summed E-state index contributed by atoms with van der Waals surface area (Å²) in [6.07, 6.45) is 6.52. The third kappa shape index (κ3) is 4.20. The molecule has 0 bridgehead atoms. The van der Waals surface area contributed by atoms with Gasteiger partial charge in [-0.3, -0.25) is 0 Å². The molecular formula is C17H29N3. The standard InChI is InChI=1S/C17H29N3/c1-4-11-18-13-15-8-6-10-17(19-15)20(3)16-9-5-7-14(2)12-16/h6,8,10,14,16,18H,4-5,7,9,11-13H2,1-3H3. The van der Waals surface area contributed by atoms with Crippen LogP contribution in [0.3, 0.4) is 0 Å². The van der Waals surface area contributed by atoms with Crippen LogP contribution < -0.4 is 10.2 Å². The Morgan fingerprint density at radius 3 is 2.95 bits per heavy atom. The maximum absolute atomic E-state index is 4.81. The molecule has 1 aliphatic carbocycles. The van der Waals surface area contributed by atoms with Gasteiger partial charge in [0.1, 0.15) is 5.82 Å². The van der Waals surface area contributed by atoms with Gasteiger partial charge in [-0.25, -0.2) is 4.98 Å². The summed E-state index contributed by atoms with van der Waals surface area (Å²) >= 11 is 0. The molecule has 0 aromatic carbocycles. The van der Waals surface area contributed by atoms with E-state index in [1.165, 1.54) is 32.1 Å². The molecule has 2 unspecified atom stereocenters. The smallest absolute Gasteiger partial charge is 0.128 e. The Bertz CT molecular complexity index is 405. The largest absolute Gasteiger partial charge is 0.357 e. The average Bonchev–Trinajstić information content (AvgIpc) is 2.47. The highest BCUT2D eigenvalue weighted by Crippen LogP contribution is 2.28. The summed E-state index contributed by atoms with van der Waals surface area (Å²) in [7, 11) is 2.20. The lowest BCUT2D eigenvalue weighted by Crippen LogP contribution is -2.36. The van der Waals surface area contributed by atoms with Gasteiger partial charge in [0.15, 0.2) is 0 Å². The third-order valence-electron chi connectivity index (χ3n) is 4.34. The Balaban J connectivity index is 1.98. The van der Waals surface area contributed by atoms with Crippen LogP contribution >= 0.6 is 0 Å². The molecule has 0 amide bonds. The van der Waals surface area contributed by atoms with Crippen molar-refractivity contribution < 1.29 is 0 Å². The first-order valence-electron chi connectivity index (χ1n) is 8.10. The van der Waals surface area contributed by atoms with Crippen molar-refractivity contribution >= 4 is 5.82 Å². The second-order valence-corrected chi connectivity index (χ2v) is 6.20. The van der Waals surface area contributed by atoms with Gasteiger partial charge in [0.05, 0.1) is 5.69 Å². The number of nitrogens with zero attached hydrogens (tertiary/aromatic N) is 2. The van der Waals surface area contributed by atoms with Gasteiger partial charge in [0.2, 0.25) is 0 Å². The van der Waals surface area contributed by atoms with Gasteiger partial charge < -0.3 is 10.2 Å². The fourth-order valence-corrected chi connectivity index (χ4v) is 3.10. The topological polar surface area (TPSA) is 28.2 Å². The molecule has 2 atom stereocenters. The van der Waals surface area contributed by atoms with Gasteiger partial charge in [-0.2, -0.15) is 0 Å². The number of pyridine rings is 1. The van der Waals surface area contributed by atoms with Crippen LogP contribution in [0.15, 0.2) is 18.2 Å². The van der Waals surface area contributed by atoms with Crippen LogP contribution in [0.1, 0.15) is 51.6 Å². The Labute approximate surface area is 123 Å². The molecule has 2 rings (SSSR count). The molecule has 1 saturated carbocycles. The third-order valence-corrected chi connectivity index (χ3v) is 4.34. The highest BCUT2D eigenvalue weighted by atomic mass is 15.2. The molecule has 0 radical (unpaired) electrons. The number of nitrogens with one attached hydrogen (secondary N) is 1. The van der Waals surface area contributed by atoms with Gasteiger partial charge in [-0.05, 0) is 43.9 Å². The minimum absolute atomic E-state index is 0.658.